The molecule has 4 heteroatoms. The smallest absolute Gasteiger partial charge is 0.224 e. The highest BCUT2D eigenvalue weighted by Crippen LogP contribution is 2.25. The topological polar surface area (TPSA) is 55.6 Å². The molecule has 1 fully saturated rings. The van der Waals surface area contributed by atoms with Crippen LogP contribution in [-0.4, -0.2) is 43.7 Å². The van der Waals surface area contributed by atoms with Gasteiger partial charge in [-0.25, -0.2) is 0 Å². The van der Waals surface area contributed by atoms with Gasteiger partial charge in [0, 0.05) is 19.6 Å². The minimum atomic E-state index is -0.155. The van der Waals surface area contributed by atoms with Crippen LogP contribution in [0.25, 0.3) is 0 Å². The summed E-state index contributed by atoms with van der Waals surface area (Å²) < 4.78 is 5.58. The molecule has 1 aliphatic carbocycles. The van der Waals surface area contributed by atoms with Gasteiger partial charge in [-0.1, -0.05) is 25.7 Å². The number of nitrogens with zero attached hydrogens (tertiary/aromatic N) is 1. The van der Waals surface area contributed by atoms with Gasteiger partial charge in [0.15, 0.2) is 0 Å². The molecule has 0 spiro atoms. The monoisotopic (exact) mass is 242 g/mol. The summed E-state index contributed by atoms with van der Waals surface area (Å²) in [5.74, 6) is 0.108. The van der Waals surface area contributed by atoms with Gasteiger partial charge >= 0.3 is 0 Å². The molecular formula is C13H26N2O2. The first-order valence-electron chi connectivity index (χ1n) is 6.60. The second-order valence-electron chi connectivity index (χ2n) is 5.37. The fourth-order valence-electron chi connectivity index (χ4n) is 2.24. The fourth-order valence-corrected chi connectivity index (χ4v) is 2.24. The molecule has 0 radical (unpaired) electrons. The third-order valence-electron chi connectivity index (χ3n) is 3.45. The molecule has 0 aliphatic heterocycles. The van der Waals surface area contributed by atoms with E-state index < -0.39 is 0 Å². The van der Waals surface area contributed by atoms with Gasteiger partial charge in [-0.15, -0.1) is 0 Å². The Labute approximate surface area is 104 Å². The van der Waals surface area contributed by atoms with E-state index in [0.29, 0.717) is 19.6 Å². The number of ether oxygens (including phenoxy) is 1. The minimum absolute atomic E-state index is 0.108. The van der Waals surface area contributed by atoms with Crippen LogP contribution >= 0.6 is 0 Å². The van der Waals surface area contributed by atoms with Crippen LogP contribution in [0.2, 0.25) is 0 Å². The quantitative estimate of drug-likeness (QED) is 0.587. The van der Waals surface area contributed by atoms with Crippen molar-refractivity contribution in [2.45, 2.75) is 50.5 Å². The molecule has 0 saturated heterocycles. The van der Waals surface area contributed by atoms with Crippen LogP contribution in [0.1, 0.15) is 44.9 Å². The SMILES string of the molecule is CN(C)C(=O)CCOCC1(N)CCCCCC1. The van der Waals surface area contributed by atoms with Gasteiger partial charge < -0.3 is 15.4 Å². The Balaban J connectivity index is 2.18. The van der Waals surface area contributed by atoms with E-state index in [9.17, 15) is 4.79 Å². The average Bonchev–Trinajstić information content (AvgIpc) is 2.49. The molecule has 1 aliphatic rings. The highest BCUT2D eigenvalue weighted by molar-refractivity contribution is 5.75. The van der Waals surface area contributed by atoms with E-state index >= 15 is 0 Å². The Morgan fingerprint density at radius 2 is 1.82 bits per heavy atom. The lowest BCUT2D eigenvalue weighted by molar-refractivity contribution is -0.130. The van der Waals surface area contributed by atoms with Gasteiger partial charge in [0.1, 0.15) is 0 Å². The Hall–Kier alpha value is -0.610. The highest BCUT2D eigenvalue weighted by atomic mass is 16.5. The zero-order valence-electron chi connectivity index (χ0n) is 11.2. The van der Waals surface area contributed by atoms with E-state index in [1.165, 1.54) is 25.7 Å². The molecule has 0 aromatic carbocycles. The molecule has 0 heterocycles. The third-order valence-corrected chi connectivity index (χ3v) is 3.45. The van der Waals surface area contributed by atoms with Crippen LogP contribution in [-0.2, 0) is 9.53 Å². The predicted molar refractivity (Wildman–Crippen MR) is 68.8 cm³/mol. The number of rotatable bonds is 5. The van der Waals surface area contributed by atoms with Crippen molar-refractivity contribution in [3.05, 3.63) is 0 Å². The van der Waals surface area contributed by atoms with Crippen molar-refractivity contribution in [2.75, 3.05) is 27.3 Å². The van der Waals surface area contributed by atoms with Gasteiger partial charge in [0.05, 0.1) is 19.6 Å². The number of carbonyl (C=O) groups is 1. The first-order chi connectivity index (χ1) is 8.03. The summed E-state index contributed by atoms with van der Waals surface area (Å²) in [4.78, 5) is 12.9. The number of hydrogen-bond acceptors (Lipinski definition) is 3. The number of amides is 1. The zero-order valence-corrected chi connectivity index (χ0v) is 11.2. The lowest BCUT2D eigenvalue weighted by Crippen LogP contribution is -2.44. The van der Waals surface area contributed by atoms with Crippen molar-refractivity contribution in [2.24, 2.45) is 5.73 Å². The van der Waals surface area contributed by atoms with Crippen molar-refractivity contribution in [1.29, 1.82) is 0 Å². The van der Waals surface area contributed by atoms with E-state index in [1.54, 1.807) is 19.0 Å². The molecule has 1 amide bonds. The van der Waals surface area contributed by atoms with Gasteiger partial charge in [0.2, 0.25) is 5.91 Å². The van der Waals surface area contributed by atoms with Crippen LogP contribution in [0.5, 0.6) is 0 Å². The van der Waals surface area contributed by atoms with Gasteiger partial charge in [-0.05, 0) is 12.8 Å². The second-order valence-corrected chi connectivity index (χ2v) is 5.37. The molecule has 0 unspecified atom stereocenters. The van der Waals surface area contributed by atoms with Crippen LogP contribution in [0, 0.1) is 0 Å². The zero-order chi connectivity index (χ0) is 12.7. The van der Waals surface area contributed by atoms with Gasteiger partial charge in [0.25, 0.3) is 0 Å². The molecule has 2 N–H and O–H groups in total. The van der Waals surface area contributed by atoms with Crippen molar-refractivity contribution < 1.29 is 9.53 Å². The normalized spacial score (nSPS) is 19.7. The molecule has 0 aromatic rings. The van der Waals surface area contributed by atoms with Crippen LogP contribution in [0.4, 0.5) is 0 Å². The van der Waals surface area contributed by atoms with E-state index in [2.05, 4.69) is 0 Å². The van der Waals surface area contributed by atoms with Crippen molar-refractivity contribution >= 4 is 5.91 Å². The molecular weight excluding hydrogens is 216 g/mol. The molecule has 1 rings (SSSR count). The van der Waals surface area contributed by atoms with Crippen molar-refractivity contribution in [1.82, 2.24) is 4.90 Å². The summed E-state index contributed by atoms with van der Waals surface area (Å²) in [5.41, 5.74) is 6.16. The fraction of sp³-hybridized carbons (Fsp3) is 0.923. The molecule has 17 heavy (non-hydrogen) atoms. The first-order valence-corrected chi connectivity index (χ1v) is 6.60. The second kappa shape index (κ2) is 6.97. The summed E-state index contributed by atoms with van der Waals surface area (Å²) >= 11 is 0. The average molecular weight is 242 g/mol. The van der Waals surface area contributed by atoms with Crippen LogP contribution in [0.3, 0.4) is 0 Å². The summed E-state index contributed by atoms with van der Waals surface area (Å²) in [6.45, 7) is 1.07. The van der Waals surface area contributed by atoms with E-state index in [4.69, 9.17) is 10.5 Å². The Morgan fingerprint density at radius 3 is 2.35 bits per heavy atom. The Kier molecular flexibility index (Phi) is 5.92. The van der Waals surface area contributed by atoms with Crippen molar-refractivity contribution in [3.63, 3.8) is 0 Å². The molecule has 1 saturated carbocycles. The maximum absolute atomic E-state index is 11.3. The van der Waals surface area contributed by atoms with Crippen LogP contribution < -0.4 is 5.73 Å². The van der Waals surface area contributed by atoms with Gasteiger partial charge in [-0.2, -0.15) is 0 Å². The summed E-state index contributed by atoms with van der Waals surface area (Å²) in [6.07, 6.45) is 7.54. The number of carbonyl (C=O) groups excluding carboxylic acids is 1. The number of hydrogen-bond donors (Lipinski definition) is 1. The molecule has 0 bridgehead atoms. The van der Waals surface area contributed by atoms with E-state index in [-0.39, 0.29) is 11.4 Å². The lowest BCUT2D eigenvalue weighted by atomic mass is 9.93. The Bertz CT molecular complexity index is 234. The predicted octanol–water partition coefficient (Wildman–Crippen LogP) is 1.53. The summed E-state index contributed by atoms with van der Waals surface area (Å²) in [7, 11) is 3.52. The molecule has 100 valence electrons. The Morgan fingerprint density at radius 1 is 1.24 bits per heavy atom. The maximum Gasteiger partial charge on any atom is 0.224 e. The first kappa shape index (κ1) is 14.5. The molecule has 4 nitrogen and oxygen atoms in total. The number of nitrogens with two attached hydrogens (primary N) is 1. The largest absolute Gasteiger partial charge is 0.379 e. The van der Waals surface area contributed by atoms with Crippen LogP contribution in [0.15, 0.2) is 0 Å². The highest BCUT2D eigenvalue weighted by Gasteiger charge is 2.26. The lowest BCUT2D eigenvalue weighted by Gasteiger charge is -2.27. The van der Waals surface area contributed by atoms with E-state index in [0.717, 1.165) is 12.8 Å². The molecule has 0 atom stereocenters. The minimum Gasteiger partial charge on any atom is -0.379 e. The molecule has 0 aromatic heterocycles. The van der Waals surface area contributed by atoms with Gasteiger partial charge in [-0.3, -0.25) is 4.79 Å². The maximum atomic E-state index is 11.3. The summed E-state index contributed by atoms with van der Waals surface area (Å²) in [6, 6.07) is 0. The van der Waals surface area contributed by atoms with E-state index in [1.807, 2.05) is 0 Å². The standard InChI is InChI=1S/C13H26N2O2/c1-15(2)12(16)7-10-17-11-13(14)8-5-3-4-6-9-13/h3-11,14H2,1-2H3. The summed E-state index contributed by atoms with van der Waals surface area (Å²) in [5, 5.41) is 0. The van der Waals surface area contributed by atoms with Crippen molar-refractivity contribution in [3.8, 4) is 0 Å². The third kappa shape index (κ3) is 5.50.